The Kier molecular flexibility index (Phi) is 5.04. The number of aromatic nitrogens is 1. The number of amides is 1. The molecule has 30 heavy (non-hydrogen) atoms. The summed E-state index contributed by atoms with van der Waals surface area (Å²) in [5, 5.41) is 0.410. The minimum atomic E-state index is -0.288. The molecule has 0 aliphatic carbocycles. The number of hydrogen-bond acceptors (Lipinski definition) is 6. The molecule has 2 aliphatic heterocycles. The van der Waals surface area contributed by atoms with Gasteiger partial charge in [-0.15, -0.1) is 0 Å². The third kappa shape index (κ3) is 3.73. The smallest absolute Gasteiger partial charge is 0.279 e. The van der Waals surface area contributed by atoms with E-state index in [-0.39, 0.29) is 11.7 Å². The molecule has 2 aromatic carbocycles. The van der Waals surface area contributed by atoms with Gasteiger partial charge in [0.1, 0.15) is 23.9 Å². The maximum atomic E-state index is 13.8. The van der Waals surface area contributed by atoms with Crippen molar-refractivity contribution < 1.29 is 18.7 Å². The van der Waals surface area contributed by atoms with Crippen LogP contribution in [-0.4, -0.2) is 59.0 Å². The summed E-state index contributed by atoms with van der Waals surface area (Å²) in [5.41, 5.74) is 0.594. The lowest BCUT2D eigenvalue weighted by molar-refractivity contribution is -0.131. The number of nitrogens with zero attached hydrogens (tertiary/aromatic N) is 3. The minimum absolute atomic E-state index is 0.177. The summed E-state index contributed by atoms with van der Waals surface area (Å²) < 4.78 is 25.9. The van der Waals surface area contributed by atoms with Crippen LogP contribution in [0.25, 0.3) is 10.2 Å². The van der Waals surface area contributed by atoms with Crippen LogP contribution < -0.4 is 9.47 Å². The molecule has 1 aromatic heterocycles. The highest BCUT2D eigenvalue weighted by atomic mass is 32.1. The Morgan fingerprint density at radius 1 is 1.17 bits per heavy atom. The first-order valence-electron chi connectivity index (χ1n) is 10.0. The van der Waals surface area contributed by atoms with Gasteiger partial charge in [0, 0.05) is 38.6 Å². The number of carbonyl (C=O) groups is 1. The average molecular weight is 428 g/mol. The molecule has 3 aromatic rings. The molecule has 1 amide bonds. The van der Waals surface area contributed by atoms with E-state index in [0.717, 1.165) is 31.8 Å². The topological polar surface area (TPSA) is 54.9 Å². The van der Waals surface area contributed by atoms with Crippen molar-refractivity contribution in [2.24, 2.45) is 0 Å². The van der Waals surface area contributed by atoms with E-state index in [1.165, 1.54) is 17.4 Å². The molecule has 0 radical (unpaired) electrons. The van der Waals surface area contributed by atoms with Gasteiger partial charge in [0.2, 0.25) is 5.91 Å². The van der Waals surface area contributed by atoms with Crippen LogP contribution >= 0.6 is 11.3 Å². The van der Waals surface area contributed by atoms with E-state index in [1.54, 1.807) is 19.1 Å². The summed E-state index contributed by atoms with van der Waals surface area (Å²) >= 11 is 1.19. The number of carbonyl (C=O) groups excluding carboxylic acids is 1. The number of piperazine rings is 1. The van der Waals surface area contributed by atoms with Crippen molar-refractivity contribution in [1.29, 1.82) is 0 Å². The summed E-state index contributed by atoms with van der Waals surface area (Å²) in [6.07, 6.45) is 1.07. The van der Waals surface area contributed by atoms with Gasteiger partial charge in [0.05, 0.1) is 10.2 Å². The predicted molar refractivity (Wildman–Crippen MR) is 113 cm³/mol. The lowest BCUT2D eigenvalue weighted by Crippen LogP contribution is -2.48. The van der Waals surface area contributed by atoms with Crippen LogP contribution in [0.4, 0.5) is 4.39 Å². The molecule has 156 valence electrons. The van der Waals surface area contributed by atoms with Crippen LogP contribution in [0.2, 0.25) is 0 Å². The van der Waals surface area contributed by atoms with Gasteiger partial charge in [-0.1, -0.05) is 17.4 Å². The van der Waals surface area contributed by atoms with Crippen molar-refractivity contribution in [2.45, 2.75) is 25.4 Å². The van der Waals surface area contributed by atoms with Gasteiger partial charge >= 0.3 is 0 Å². The van der Waals surface area contributed by atoms with Gasteiger partial charge in [-0.3, -0.25) is 9.69 Å². The van der Waals surface area contributed by atoms with Gasteiger partial charge in [-0.2, -0.15) is 0 Å². The molecule has 6 nitrogen and oxygen atoms in total. The Balaban J connectivity index is 1.12. The van der Waals surface area contributed by atoms with E-state index in [1.807, 2.05) is 29.2 Å². The maximum Gasteiger partial charge on any atom is 0.279 e. The molecule has 3 heterocycles. The molecule has 0 spiro atoms. The third-order valence-corrected chi connectivity index (χ3v) is 6.74. The minimum Gasteiger partial charge on any atom is -0.492 e. The molecule has 2 atom stereocenters. The summed E-state index contributed by atoms with van der Waals surface area (Å²) in [7, 11) is 0. The highest BCUT2D eigenvalue weighted by molar-refractivity contribution is 7.20. The van der Waals surface area contributed by atoms with Gasteiger partial charge in [0.15, 0.2) is 0 Å². The largest absolute Gasteiger partial charge is 0.492 e. The Labute approximate surface area is 177 Å². The molecular weight excluding hydrogens is 405 g/mol. The van der Waals surface area contributed by atoms with Crippen LogP contribution in [-0.2, 0) is 4.79 Å². The molecule has 5 rings (SSSR count). The monoisotopic (exact) mass is 427 g/mol. The van der Waals surface area contributed by atoms with Crippen molar-refractivity contribution in [3.63, 3.8) is 0 Å². The molecular formula is C22H22FN3O3S. The fourth-order valence-electron chi connectivity index (χ4n) is 4.33. The quantitative estimate of drug-likeness (QED) is 0.597. The van der Waals surface area contributed by atoms with Gasteiger partial charge in [-0.05, 0) is 42.8 Å². The molecule has 0 N–H and O–H groups in total. The first-order valence-corrected chi connectivity index (χ1v) is 10.9. The first kappa shape index (κ1) is 19.3. The maximum absolute atomic E-state index is 13.8. The fourth-order valence-corrected chi connectivity index (χ4v) is 5.17. The van der Waals surface area contributed by atoms with E-state index in [9.17, 15) is 9.18 Å². The van der Waals surface area contributed by atoms with E-state index < -0.39 is 0 Å². The number of hydrogen-bond donors (Lipinski definition) is 0. The van der Waals surface area contributed by atoms with Crippen LogP contribution in [0, 0.1) is 5.82 Å². The van der Waals surface area contributed by atoms with Crippen LogP contribution in [0.15, 0.2) is 42.5 Å². The van der Waals surface area contributed by atoms with Crippen LogP contribution in [0.1, 0.15) is 13.3 Å². The summed E-state index contributed by atoms with van der Waals surface area (Å²) in [6.45, 7) is 4.87. The van der Waals surface area contributed by atoms with E-state index in [2.05, 4.69) is 9.88 Å². The predicted octanol–water partition coefficient (Wildman–Crippen LogP) is 3.91. The second-order valence-corrected chi connectivity index (χ2v) is 8.66. The Bertz CT molecular complexity index is 1070. The fraction of sp³-hybridized carbons (Fsp3) is 0.364. The van der Waals surface area contributed by atoms with E-state index in [4.69, 9.17) is 9.47 Å². The third-order valence-electron chi connectivity index (χ3n) is 5.78. The molecule has 2 fully saturated rings. The van der Waals surface area contributed by atoms with Gasteiger partial charge in [-0.25, -0.2) is 9.37 Å². The second kappa shape index (κ2) is 7.85. The SMILES string of the molecule is CC(=O)N1C[C@@H]2C[C@@H]1CN2CCOc1ccc(Oc2nc3cccc(F)c3s2)cc1. The van der Waals surface area contributed by atoms with Crippen LogP contribution in [0.3, 0.4) is 0 Å². The number of benzene rings is 2. The Morgan fingerprint density at radius 3 is 2.67 bits per heavy atom. The van der Waals surface area contributed by atoms with Crippen LogP contribution in [0.5, 0.6) is 16.7 Å². The Hall–Kier alpha value is -2.71. The highest BCUT2D eigenvalue weighted by Gasteiger charge is 2.43. The number of ether oxygens (including phenoxy) is 2. The molecule has 2 saturated heterocycles. The van der Waals surface area contributed by atoms with Crippen molar-refractivity contribution in [1.82, 2.24) is 14.8 Å². The Morgan fingerprint density at radius 2 is 1.97 bits per heavy atom. The van der Waals surface area contributed by atoms with Crippen molar-refractivity contribution in [3.05, 3.63) is 48.3 Å². The van der Waals surface area contributed by atoms with Crippen molar-refractivity contribution in [2.75, 3.05) is 26.2 Å². The second-order valence-electron chi connectivity index (χ2n) is 7.70. The lowest BCUT2D eigenvalue weighted by Gasteiger charge is -2.33. The van der Waals surface area contributed by atoms with Gasteiger partial charge in [0.25, 0.3) is 5.19 Å². The van der Waals surface area contributed by atoms with Crippen molar-refractivity contribution >= 4 is 27.5 Å². The average Bonchev–Trinajstić information content (AvgIpc) is 3.43. The summed E-state index contributed by atoms with van der Waals surface area (Å²) in [6, 6.07) is 13.0. The number of halogens is 1. The number of rotatable bonds is 6. The van der Waals surface area contributed by atoms with Gasteiger partial charge < -0.3 is 14.4 Å². The standard InChI is InChI=1S/C22H22FN3O3S/c1-14(27)26-13-15-11-16(26)12-25(15)9-10-28-17-5-7-18(8-6-17)29-22-24-20-4-2-3-19(23)21(20)30-22/h2-8,15-16H,9-13H2,1H3/t15-,16+/m0/s1. The molecule has 2 aliphatic rings. The summed E-state index contributed by atoms with van der Waals surface area (Å²) in [5.74, 6) is 1.29. The molecule has 0 saturated carbocycles. The normalized spacial score (nSPS) is 20.8. The summed E-state index contributed by atoms with van der Waals surface area (Å²) in [4.78, 5) is 20.3. The highest BCUT2D eigenvalue weighted by Crippen LogP contribution is 2.33. The van der Waals surface area contributed by atoms with Crippen molar-refractivity contribution in [3.8, 4) is 16.7 Å². The van der Waals surface area contributed by atoms with E-state index in [0.29, 0.717) is 39.9 Å². The zero-order chi connectivity index (χ0) is 20.7. The molecule has 8 heteroatoms. The number of thiazole rings is 1. The number of likely N-dealkylation sites (tertiary alicyclic amines) is 2. The lowest BCUT2D eigenvalue weighted by atomic mass is 10.2. The first-order chi connectivity index (χ1) is 14.6. The zero-order valence-corrected chi connectivity index (χ0v) is 17.4. The zero-order valence-electron chi connectivity index (χ0n) is 16.6. The van der Waals surface area contributed by atoms with E-state index >= 15 is 0 Å². The molecule has 2 bridgehead atoms. The molecule has 0 unspecified atom stereocenters. The number of fused-ring (bicyclic) bond motifs is 3.